The number of rotatable bonds is 4. The minimum atomic E-state index is -0.534. The number of hydrogen-bond acceptors (Lipinski definition) is 3. The molecule has 1 rings (SSSR count). The van der Waals surface area contributed by atoms with E-state index in [0.29, 0.717) is 11.3 Å². The minimum Gasteiger partial charge on any atom is -0.372 e. The van der Waals surface area contributed by atoms with Crippen LogP contribution in [0.4, 0.5) is 5.69 Å². The first-order chi connectivity index (χ1) is 8.49. The Bertz CT molecular complexity index is 458. The van der Waals surface area contributed by atoms with Crippen molar-refractivity contribution in [2.45, 2.75) is 20.0 Å². The van der Waals surface area contributed by atoms with Gasteiger partial charge in [0.05, 0.1) is 0 Å². The lowest BCUT2D eigenvalue weighted by atomic mass is 10.1. The second-order valence-corrected chi connectivity index (χ2v) is 3.98. The summed E-state index contributed by atoms with van der Waals surface area (Å²) in [6.45, 7) is 3.52. The molecule has 0 bridgehead atoms. The van der Waals surface area contributed by atoms with Crippen LogP contribution in [0.25, 0.3) is 0 Å². The van der Waals surface area contributed by atoms with Crippen molar-refractivity contribution in [2.75, 3.05) is 19.5 Å². The summed E-state index contributed by atoms with van der Waals surface area (Å²) in [5.74, 6) is -0.431. The van der Waals surface area contributed by atoms with Crippen LogP contribution in [0.15, 0.2) is 18.2 Å². The van der Waals surface area contributed by atoms with Gasteiger partial charge in [-0.05, 0) is 31.5 Å². The molecular formula is C13H18N2O3. The summed E-state index contributed by atoms with van der Waals surface area (Å²) in [5, 5.41) is 5.28. The highest BCUT2D eigenvalue weighted by atomic mass is 16.5. The smallest absolute Gasteiger partial charge is 0.253 e. The van der Waals surface area contributed by atoms with E-state index in [1.165, 1.54) is 7.11 Å². The number of carbonyl (C=O) groups is 2. The molecule has 0 saturated carbocycles. The van der Waals surface area contributed by atoms with Gasteiger partial charge in [-0.2, -0.15) is 0 Å². The molecule has 0 aliphatic heterocycles. The van der Waals surface area contributed by atoms with E-state index in [9.17, 15) is 9.59 Å². The van der Waals surface area contributed by atoms with Crippen LogP contribution in [0.1, 0.15) is 22.8 Å². The first-order valence-corrected chi connectivity index (χ1v) is 5.66. The van der Waals surface area contributed by atoms with E-state index in [4.69, 9.17) is 4.74 Å². The summed E-state index contributed by atoms with van der Waals surface area (Å²) >= 11 is 0. The number of amides is 2. The summed E-state index contributed by atoms with van der Waals surface area (Å²) < 4.78 is 4.93. The van der Waals surface area contributed by atoms with Crippen LogP contribution >= 0.6 is 0 Å². The molecule has 2 amide bonds. The third-order valence-electron chi connectivity index (χ3n) is 2.71. The molecule has 18 heavy (non-hydrogen) atoms. The maximum Gasteiger partial charge on any atom is 0.253 e. The Morgan fingerprint density at radius 1 is 1.33 bits per heavy atom. The summed E-state index contributed by atoms with van der Waals surface area (Å²) in [5.41, 5.74) is 2.01. The van der Waals surface area contributed by atoms with Gasteiger partial charge in [-0.15, -0.1) is 0 Å². The van der Waals surface area contributed by atoms with Gasteiger partial charge in [0.25, 0.3) is 11.8 Å². The van der Waals surface area contributed by atoms with Crippen LogP contribution in [-0.2, 0) is 9.53 Å². The number of aryl methyl sites for hydroxylation is 1. The number of carbonyl (C=O) groups excluding carboxylic acids is 2. The van der Waals surface area contributed by atoms with Crippen molar-refractivity contribution in [3.05, 3.63) is 29.3 Å². The molecule has 0 radical (unpaired) electrons. The van der Waals surface area contributed by atoms with E-state index < -0.39 is 6.10 Å². The van der Waals surface area contributed by atoms with Gasteiger partial charge in [-0.3, -0.25) is 9.59 Å². The molecule has 5 nitrogen and oxygen atoms in total. The lowest BCUT2D eigenvalue weighted by molar-refractivity contribution is -0.124. The zero-order chi connectivity index (χ0) is 13.7. The van der Waals surface area contributed by atoms with E-state index in [1.807, 2.05) is 6.92 Å². The second kappa shape index (κ2) is 6.16. The molecule has 0 aromatic heterocycles. The normalized spacial score (nSPS) is 11.8. The van der Waals surface area contributed by atoms with Crippen LogP contribution in [-0.4, -0.2) is 32.1 Å². The molecule has 1 unspecified atom stereocenters. The van der Waals surface area contributed by atoms with Crippen molar-refractivity contribution in [2.24, 2.45) is 0 Å². The number of nitrogens with one attached hydrogen (secondary N) is 2. The summed E-state index contributed by atoms with van der Waals surface area (Å²) in [4.78, 5) is 23.2. The standard InChI is InChI=1S/C13H18N2O3/c1-8-5-6-10(13(17)14-3)7-11(8)15-12(16)9(2)18-4/h5-7,9H,1-4H3,(H,14,17)(H,15,16). The van der Waals surface area contributed by atoms with Crippen LogP contribution in [0, 0.1) is 6.92 Å². The number of methoxy groups -OCH3 is 1. The van der Waals surface area contributed by atoms with Crippen LogP contribution in [0.2, 0.25) is 0 Å². The van der Waals surface area contributed by atoms with Gasteiger partial charge in [0.2, 0.25) is 0 Å². The average molecular weight is 250 g/mol. The number of anilines is 1. The van der Waals surface area contributed by atoms with E-state index in [-0.39, 0.29) is 11.8 Å². The quantitative estimate of drug-likeness (QED) is 0.847. The predicted octanol–water partition coefficient (Wildman–Crippen LogP) is 1.33. The number of hydrogen-bond donors (Lipinski definition) is 2. The van der Waals surface area contributed by atoms with Crippen molar-refractivity contribution in [1.29, 1.82) is 0 Å². The second-order valence-electron chi connectivity index (χ2n) is 3.98. The Balaban J connectivity index is 2.94. The fourth-order valence-corrected chi connectivity index (χ4v) is 1.38. The summed E-state index contributed by atoms with van der Waals surface area (Å²) in [7, 11) is 3.03. The van der Waals surface area contributed by atoms with Crippen molar-refractivity contribution in [3.63, 3.8) is 0 Å². The molecule has 0 saturated heterocycles. The zero-order valence-electron chi connectivity index (χ0n) is 11.0. The van der Waals surface area contributed by atoms with E-state index in [1.54, 1.807) is 32.2 Å². The fraction of sp³-hybridized carbons (Fsp3) is 0.385. The zero-order valence-corrected chi connectivity index (χ0v) is 11.0. The van der Waals surface area contributed by atoms with Crippen molar-refractivity contribution < 1.29 is 14.3 Å². The molecule has 1 aromatic rings. The highest BCUT2D eigenvalue weighted by Gasteiger charge is 2.14. The fourth-order valence-electron chi connectivity index (χ4n) is 1.38. The number of benzene rings is 1. The molecule has 1 aromatic carbocycles. The van der Waals surface area contributed by atoms with Crippen molar-refractivity contribution >= 4 is 17.5 Å². The third kappa shape index (κ3) is 3.30. The van der Waals surface area contributed by atoms with Gasteiger partial charge >= 0.3 is 0 Å². The Labute approximate surface area is 107 Å². The third-order valence-corrected chi connectivity index (χ3v) is 2.71. The lowest BCUT2D eigenvalue weighted by Gasteiger charge is -2.13. The molecule has 0 aliphatic carbocycles. The lowest BCUT2D eigenvalue weighted by Crippen LogP contribution is -2.27. The van der Waals surface area contributed by atoms with E-state index in [2.05, 4.69) is 10.6 Å². The molecule has 0 heterocycles. The molecule has 0 aliphatic rings. The Morgan fingerprint density at radius 3 is 2.56 bits per heavy atom. The largest absolute Gasteiger partial charge is 0.372 e. The van der Waals surface area contributed by atoms with Crippen LogP contribution in [0.3, 0.4) is 0 Å². The Morgan fingerprint density at radius 2 is 2.00 bits per heavy atom. The van der Waals surface area contributed by atoms with Crippen molar-refractivity contribution in [3.8, 4) is 0 Å². The first-order valence-electron chi connectivity index (χ1n) is 5.66. The molecule has 1 atom stereocenters. The SMILES string of the molecule is CNC(=O)c1ccc(C)c(NC(=O)C(C)OC)c1. The van der Waals surface area contributed by atoms with Gasteiger partial charge in [-0.1, -0.05) is 6.07 Å². The number of ether oxygens (including phenoxy) is 1. The average Bonchev–Trinajstić information content (AvgIpc) is 2.39. The summed E-state index contributed by atoms with van der Waals surface area (Å²) in [6.07, 6.45) is -0.534. The van der Waals surface area contributed by atoms with E-state index >= 15 is 0 Å². The first kappa shape index (κ1) is 14.2. The highest BCUT2D eigenvalue weighted by molar-refractivity contribution is 5.98. The molecule has 5 heteroatoms. The predicted molar refractivity (Wildman–Crippen MR) is 69.7 cm³/mol. The molecule has 0 fully saturated rings. The molecule has 0 spiro atoms. The topological polar surface area (TPSA) is 67.4 Å². The van der Waals surface area contributed by atoms with Gasteiger partial charge < -0.3 is 15.4 Å². The van der Waals surface area contributed by atoms with Gasteiger partial charge in [-0.25, -0.2) is 0 Å². The van der Waals surface area contributed by atoms with Gasteiger partial charge in [0.15, 0.2) is 0 Å². The minimum absolute atomic E-state index is 0.190. The van der Waals surface area contributed by atoms with Crippen molar-refractivity contribution in [1.82, 2.24) is 5.32 Å². The Hall–Kier alpha value is -1.88. The van der Waals surface area contributed by atoms with Crippen LogP contribution in [0.5, 0.6) is 0 Å². The maximum atomic E-state index is 11.7. The molecule has 98 valence electrons. The van der Waals surface area contributed by atoms with Gasteiger partial charge in [0.1, 0.15) is 6.10 Å². The monoisotopic (exact) mass is 250 g/mol. The summed E-state index contributed by atoms with van der Waals surface area (Å²) in [6, 6.07) is 5.15. The van der Waals surface area contributed by atoms with E-state index in [0.717, 1.165) is 5.56 Å². The maximum absolute atomic E-state index is 11.7. The highest BCUT2D eigenvalue weighted by Crippen LogP contribution is 2.17. The van der Waals surface area contributed by atoms with Gasteiger partial charge in [0, 0.05) is 25.4 Å². The Kier molecular flexibility index (Phi) is 4.85. The molecular weight excluding hydrogens is 232 g/mol. The van der Waals surface area contributed by atoms with Crippen LogP contribution < -0.4 is 10.6 Å². The molecule has 2 N–H and O–H groups in total.